The minimum absolute atomic E-state index is 0.965. The van der Waals surface area contributed by atoms with Crippen LogP contribution >= 0.6 is 0 Å². The van der Waals surface area contributed by atoms with E-state index in [1.165, 1.54) is 16.7 Å². The topological polar surface area (TPSA) is 13.1 Å². The molecule has 1 heteroatoms. The smallest absolute Gasteiger partial charge is 0.142 e. The minimum Gasteiger partial charge on any atom is -0.455 e. The first-order chi connectivity index (χ1) is 13.4. The molecule has 0 saturated heterocycles. The molecule has 0 saturated carbocycles. The second-order valence-electron chi connectivity index (χ2n) is 6.82. The third-order valence-electron chi connectivity index (χ3n) is 4.92. The van der Waals surface area contributed by atoms with Crippen molar-refractivity contribution in [2.75, 3.05) is 0 Å². The third-order valence-corrected chi connectivity index (χ3v) is 4.92. The highest BCUT2D eigenvalue weighted by atomic mass is 16.3. The second kappa shape index (κ2) is 8.09. The summed E-state index contributed by atoms with van der Waals surface area (Å²) >= 11 is 0. The maximum Gasteiger partial charge on any atom is 0.142 e. The van der Waals surface area contributed by atoms with Crippen LogP contribution < -0.4 is 0 Å². The Kier molecular flexibility index (Phi) is 5.20. The Morgan fingerprint density at radius 3 is 1.59 bits per heavy atom. The number of rotatable bonds is 6. The van der Waals surface area contributed by atoms with E-state index < -0.39 is 0 Å². The molecule has 0 bridgehead atoms. The monoisotopic (exact) mass is 352 g/mol. The quantitative estimate of drug-likeness (QED) is 0.348. The van der Waals surface area contributed by atoms with Gasteiger partial charge in [0, 0.05) is 22.3 Å². The zero-order chi connectivity index (χ0) is 18.5. The molecule has 0 aliphatic rings. The molecule has 0 amide bonds. The van der Waals surface area contributed by atoms with E-state index in [2.05, 4.69) is 85.8 Å². The number of furan rings is 1. The first-order valence-electron chi connectivity index (χ1n) is 9.70. The Balaban J connectivity index is 1.99. The molecule has 4 aromatic rings. The maximum atomic E-state index is 6.57. The molecule has 0 aliphatic heterocycles. The van der Waals surface area contributed by atoms with Crippen molar-refractivity contribution in [3.8, 4) is 33.8 Å². The van der Waals surface area contributed by atoms with Crippen molar-refractivity contribution in [2.24, 2.45) is 0 Å². The Labute approximate surface area is 161 Å². The highest BCUT2D eigenvalue weighted by Crippen LogP contribution is 2.43. The number of hydrogen-bond acceptors (Lipinski definition) is 1. The van der Waals surface area contributed by atoms with Crippen LogP contribution in [0.1, 0.15) is 25.3 Å². The molecule has 0 atom stereocenters. The largest absolute Gasteiger partial charge is 0.455 e. The molecule has 0 aliphatic carbocycles. The Hall–Kier alpha value is -3.06. The first kappa shape index (κ1) is 17.4. The molecular formula is C26H24O. The van der Waals surface area contributed by atoms with Crippen molar-refractivity contribution in [3.05, 3.63) is 96.6 Å². The van der Waals surface area contributed by atoms with E-state index in [4.69, 9.17) is 4.42 Å². The average Bonchev–Trinajstić information content (AvgIpc) is 3.13. The maximum absolute atomic E-state index is 6.57. The van der Waals surface area contributed by atoms with Crippen LogP contribution in [0.4, 0.5) is 0 Å². The lowest BCUT2D eigenvalue weighted by Crippen LogP contribution is -1.90. The number of unbranched alkanes of at least 4 members (excludes halogenated alkanes) is 1. The van der Waals surface area contributed by atoms with Gasteiger partial charge in [0.25, 0.3) is 0 Å². The molecule has 4 rings (SSSR count). The van der Waals surface area contributed by atoms with Crippen molar-refractivity contribution < 1.29 is 4.42 Å². The van der Waals surface area contributed by atoms with Crippen LogP contribution in [0.25, 0.3) is 33.8 Å². The lowest BCUT2D eigenvalue weighted by atomic mass is 9.93. The van der Waals surface area contributed by atoms with Crippen LogP contribution in [0.2, 0.25) is 0 Å². The van der Waals surface area contributed by atoms with E-state index in [1.54, 1.807) is 0 Å². The molecule has 3 aromatic carbocycles. The Morgan fingerprint density at radius 2 is 1.07 bits per heavy atom. The van der Waals surface area contributed by atoms with Gasteiger partial charge in [-0.25, -0.2) is 0 Å². The van der Waals surface area contributed by atoms with Crippen LogP contribution in [-0.4, -0.2) is 0 Å². The van der Waals surface area contributed by atoms with Gasteiger partial charge in [-0.3, -0.25) is 0 Å². The summed E-state index contributed by atoms with van der Waals surface area (Å²) in [5.41, 5.74) is 6.02. The molecule has 134 valence electrons. The van der Waals surface area contributed by atoms with Crippen LogP contribution in [0.3, 0.4) is 0 Å². The molecule has 0 N–H and O–H groups in total. The lowest BCUT2D eigenvalue weighted by Gasteiger charge is -2.07. The van der Waals surface area contributed by atoms with Crippen molar-refractivity contribution in [2.45, 2.75) is 26.2 Å². The zero-order valence-corrected chi connectivity index (χ0v) is 15.7. The predicted octanol–water partition coefficient (Wildman–Crippen LogP) is 7.62. The van der Waals surface area contributed by atoms with Gasteiger partial charge in [0.15, 0.2) is 0 Å². The van der Waals surface area contributed by atoms with Crippen molar-refractivity contribution in [3.63, 3.8) is 0 Å². The van der Waals surface area contributed by atoms with E-state index in [-0.39, 0.29) is 0 Å². The van der Waals surface area contributed by atoms with Gasteiger partial charge in [-0.05, 0) is 18.4 Å². The van der Waals surface area contributed by atoms with Crippen LogP contribution in [-0.2, 0) is 6.42 Å². The molecule has 1 aromatic heterocycles. The molecule has 0 fully saturated rings. The number of benzene rings is 3. The van der Waals surface area contributed by atoms with E-state index in [1.807, 2.05) is 12.1 Å². The lowest BCUT2D eigenvalue weighted by molar-refractivity contribution is 0.593. The summed E-state index contributed by atoms with van der Waals surface area (Å²) in [5, 5.41) is 0. The van der Waals surface area contributed by atoms with Crippen LogP contribution in [0, 0.1) is 0 Å². The third kappa shape index (κ3) is 3.59. The van der Waals surface area contributed by atoms with Gasteiger partial charge >= 0.3 is 0 Å². The molecule has 0 radical (unpaired) electrons. The van der Waals surface area contributed by atoms with Gasteiger partial charge in [-0.15, -0.1) is 0 Å². The molecular weight excluding hydrogens is 328 g/mol. The van der Waals surface area contributed by atoms with Crippen LogP contribution in [0.15, 0.2) is 95.4 Å². The molecule has 0 spiro atoms. The summed E-state index contributed by atoms with van der Waals surface area (Å²) in [6.07, 6.45) is 3.32. The predicted molar refractivity (Wildman–Crippen MR) is 114 cm³/mol. The van der Waals surface area contributed by atoms with Gasteiger partial charge in [0.2, 0.25) is 0 Å². The van der Waals surface area contributed by atoms with E-state index in [0.29, 0.717) is 0 Å². The van der Waals surface area contributed by atoms with Crippen molar-refractivity contribution >= 4 is 0 Å². The summed E-state index contributed by atoms with van der Waals surface area (Å²) < 4.78 is 6.57. The molecule has 0 unspecified atom stereocenters. The van der Waals surface area contributed by atoms with Gasteiger partial charge in [-0.2, -0.15) is 0 Å². The molecule has 27 heavy (non-hydrogen) atoms. The standard InChI is InChI=1S/C26H24O/c1-2-3-19-23-24(20-13-7-4-8-14-20)26(22-17-11-6-12-18-22)27-25(23)21-15-9-5-10-16-21/h4-18H,2-3,19H2,1H3. The second-order valence-corrected chi connectivity index (χ2v) is 6.82. The van der Waals surface area contributed by atoms with E-state index >= 15 is 0 Å². The Morgan fingerprint density at radius 1 is 0.593 bits per heavy atom. The summed E-state index contributed by atoms with van der Waals surface area (Å²) in [6, 6.07) is 31.5. The summed E-state index contributed by atoms with van der Waals surface area (Å²) in [4.78, 5) is 0. The van der Waals surface area contributed by atoms with Gasteiger partial charge in [-0.1, -0.05) is 104 Å². The fourth-order valence-electron chi connectivity index (χ4n) is 3.58. The summed E-state index contributed by atoms with van der Waals surface area (Å²) in [5.74, 6) is 1.97. The minimum atomic E-state index is 0.965. The van der Waals surface area contributed by atoms with Crippen molar-refractivity contribution in [1.82, 2.24) is 0 Å². The zero-order valence-electron chi connectivity index (χ0n) is 15.7. The summed E-state index contributed by atoms with van der Waals surface area (Å²) in [7, 11) is 0. The van der Waals surface area contributed by atoms with E-state index in [9.17, 15) is 0 Å². The van der Waals surface area contributed by atoms with Crippen molar-refractivity contribution in [1.29, 1.82) is 0 Å². The highest BCUT2D eigenvalue weighted by Gasteiger charge is 2.23. The molecule has 1 nitrogen and oxygen atoms in total. The fourth-order valence-corrected chi connectivity index (χ4v) is 3.58. The molecule has 1 heterocycles. The normalized spacial score (nSPS) is 10.9. The first-order valence-corrected chi connectivity index (χ1v) is 9.70. The highest BCUT2D eigenvalue weighted by molar-refractivity contribution is 5.87. The van der Waals surface area contributed by atoms with E-state index in [0.717, 1.165) is 41.9 Å². The van der Waals surface area contributed by atoms with Gasteiger partial charge in [0.05, 0.1) is 0 Å². The van der Waals surface area contributed by atoms with Gasteiger partial charge in [0.1, 0.15) is 11.5 Å². The Bertz CT molecular complexity index is 983. The van der Waals surface area contributed by atoms with Gasteiger partial charge < -0.3 is 4.42 Å². The average molecular weight is 352 g/mol. The fraction of sp³-hybridized carbons (Fsp3) is 0.154. The number of hydrogen-bond donors (Lipinski definition) is 0. The summed E-state index contributed by atoms with van der Waals surface area (Å²) in [6.45, 7) is 2.24. The SMILES string of the molecule is CCCCc1c(-c2ccccc2)oc(-c2ccccc2)c1-c1ccccc1. The van der Waals surface area contributed by atoms with Crippen LogP contribution in [0.5, 0.6) is 0 Å².